The number of pyridine rings is 1. The summed E-state index contributed by atoms with van der Waals surface area (Å²) in [6.45, 7) is 8.22. The Bertz CT molecular complexity index is 2520. The van der Waals surface area contributed by atoms with Crippen LogP contribution in [-0.4, -0.2) is 106 Å². The van der Waals surface area contributed by atoms with Gasteiger partial charge in [-0.3, -0.25) is 29.4 Å². The maximum Gasteiger partial charge on any atom is 0.262 e. The minimum Gasteiger partial charge on any atom is -0.486 e. The van der Waals surface area contributed by atoms with Crippen LogP contribution in [0.15, 0.2) is 48.8 Å². The smallest absolute Gasteiger partial charge is 0.262 e. The number of fused-ring (bicyclic) bond motifs is 2. The Balaban J connectivity index is 0.714. The Kier molecular flexibility index (Phi) is 10.3. The van der Waals surface area contributed by atoms with Crippen molar-refractivity contribution in [2.45, 2.75) is 89.3 Å². The second kappa shape index (κ2) is 15.9. The van der Waals surface area contributed by atoms with Crippen molar-refractivity contribution in [1.82, 2.24) is 30.1 Å². The van der Waals surface area contributed by atoms with E-state index in [1.54, 1.807) is 6.07 Å². The van der Waals surface area contributed by atoms with Crippen molar-refractivity contribution in [2.75, 3.05) is 54.4 Å². The average Bonchev–Trinajstić information content (AvgIpc) is 3.50. The maximum atomic E-state index is 15.5. The molecule has 4 amide bonds. The quantitative estimate of drug-likeness (QED) is 0.190. The van der Waals surface area contributed by atoms with Crippen LogP contribution in [0.1, 0.15) is 97.4 Å². The molecule has 1 saturated carbocycles. The minimum atomic E-state index is -1.10. The number of carbonyl (C=O) groups excluding carboxylic acids is 4. The summed E-state index contributed by atoms with van der Waals surface area (Å²) >= 11 is 0. The highest BCUT2D eigenvalue weighted by molar-refractivity contribution is 6.23. The van der Waals surface area contributed by atoms with Crippen molar-refractivity contribution < 1.29 is 37.1 Å². The molecule has 2 N–H and O–H groups in total. The molecule has 63 heavy (non-hydrogen) atoms. The largest absolute Gasteiger partial charge is 0.486 e. The molecule has 17 heteroatoms. The van der Waals surface area contributed by atoms with Crippen LogP contribution in [0.2, 0.25) is 0 Å². The molecule has 3 saturated heterocycles. The first-order chi connectivity index (χ1) is 30.3. The van der Waals surface area contributed by atoms with Crippen molar-refractivity contribution in [3.8, 4) is 17.0 Å². The molecule has 4 aromatic rings. The molecule has 2 aromatic carbocycles. The van der Waals surface area contributed by atoms with Crippen LogP contribution in [0.25, 0.3) is 11.3 Å². The van der Waals surface area contributed by atoms with E-state index >= 15 is 13.2 Å². The Hall–Kier alpha value is -6.10. The number of piperidine rings is 3. The summed E-state index contributed by atoms with van der Waals surface area (Å²) < 4.78 is 51.4. The van der Waals surface area contributed by atoms with Gasteiger partial charge in [0.2, 0.25) is 17.8 Å². The molecule has 328 valence electrons. The van der Waals surface area contributed by atoms with Gasteiger partial charge in [0.25, 0.3) is 11.8 Å². The van der Waals surface area contributed by atoms with Crippen LogP contribution in [0.5, 0.6) is 5.75 Å². The number of anilines is 4. The van der Waals surface area contributed by atoms with Crippen molar-refractivity contribution >= 4 is 46.8 Å². The van der Waals surface area contributed by atoms with Crippen molar-refractivity contribution in [3.05, 3.63) is 82.9 Å². The molecule has 1 atom stereocenters. The number of hydrogen-bond acceptors (Lipinski definition) is 12. The van der Waals surface area contributed by atoms with Gasteiger partial charge < -0.3 is 24.8 Å². The van der Waals surface area contributed by atoms with E-state index in [0.717, 1.165) is 74.3 Å². The fourth-order valence-electron chi connectivity index (χ4n) is 10.6. The average molecular weight is 864 g/mol. The fraction of sp³-hybridized carbons (Fsp3) is 0.457. The predicted octanol–water partition coefficient (Wildman–Crippen LogP) is 6.34. The monoisotopic (exact) mass is 863 g/mol. The van der Waals surface area contributed by atoms with Crippen molar-refractivity contribution in [3.63, 3.8) is 0 Å². The highest BCUT2D eigenvalue weighted by Crippen LogP contribution is 2.52. The van der Waals surface area contributed by atoms with E-state index in [4.69, 9.17) is 4.74 Å². The number of hydrogen-bond donors (Lipinski definition) is 2. The summed E-state index contributed by atoms with van der Waals surface area (Å²) in [7, 11) is 0. The third kappa shape index (κ3) is 7.42. The van der Waals surface area contributed by atoms with Crippen LogP contribution >= 0.6 is 0 Å². The summed E-state index contributed by atoms with van der Waals surface area (Å²) in [6, 6.07) is 8.94. The third-order valence-electron chi connectivity index (χ3n) is 14.1. The van der Waals surface area contributed by atoms with Gasteiger partial charge in [-0.1, -0.05) is 6.07 Å². The number of imide groups is 2. The van der Waals surface area contributed by atoms with Crippen LogP contribution in [0.4, 0.5) is 36.3 Å². The minimum absolute atomic E-state index is 0.0166. The summed E-state index contributed by atoms with van der Waals surface area (Å²) in [6.07, 6.45) is 9.00. The highest BCUT2D eigenvalue weighted by atomic mass is 19.1. The first kappa shape index (κ1) is 40.9. The zero-order valence-electron chi connectivity index (χ0n) is 35.1. The van der Waals surface area contributed by atoms with Gasteiger partial charge in [-0.25, -0.2) is 28.1 Å². The topological polar surface area (TPSA) is 153 Å². The first-order valence-electron chi connectivity index (χ1n) is 21.9. The highest BCUT2D eigenvalue weighted by Gasteiger charge is 2.49. The van der Waals surface area contributed by atoms with E-state index in [1.165, 1.54) is 12.1 Å². The standard InChI is InChI=1S/C46H48F3N9O5/c1-25(2)57-15-16-63-41-33(48)17-28(18-37(41)57)40-34(49)24-51-45(54-40)52-38-5-3-27(23-50-38)26-7-11-55(12-8-26)29-21-46(22-29)9-13-56(14-10-46)36-20-31-30(19-32(36)47)43(61)58(44(31)62)35-4-6-39(59)53-42(35)60/h3,5,17-20,23-26,29,35H,4,6-16,21-22H2,1-2H3,(H,53,59,60)(H,50,51,52,54). The zero-order chi connectivity index (χ0) is 43.7. The lowest BCUT2D eigenvalue weighted by Crippen LogP contribution is -2.56. The number of nitrogens with one attached hydrogen (secondary N) is 2. The van der Waals surface area contributed by atoms with Gasteiger partial charge in [-0.05, 0) is 119 Å². The number of aromatic nitrogens is 3. The van der Waals surface area contributed by atoms with Gasteiger partial charge in [0.1, 0.15) is 30.0 Å². The summed E-state index contributed by atoms with van der Waals surface area (Å²) in [5, 5.41) is 5.26. The Labute approximate surface area is 362 Å². The van der Waals surface area contributed by atoms with Crippen molar-refractivity contribution in [2.24, 2.45) is 5.41 Å². The molecule has 5 aliphatic heterocycles. The zero-order valence-corrected chi connectivity index (χ0v) is 35.1. The Morgan fingerprint density at radius 1 is 0.825 bits per heavy atom. The van der Waals surface area contributed by atoms with E-state index < -0.39 is 47.1 Å². The Morgan fingerprint density at radius 2 is 1.57 bits per heavy atom. The number of likely N-dealkylation sites (tertiary alicyclic amines) is 1. The number of halogens is 3. The summed E-state index contributed by atoms with van der Waals surface area (Å²) in [5.74, 6) is -3.15. The molecule has 14 nitrogen and oxygen atoms in total. The van der Waals surface area contributed by atoms with E-state index in [9.17, 15) is 19.2 Å². The lowest BCUT2D eigenvalue weighted by atomic mass is 9.59. The molecule has 1 spiro atoms. The predicted molar refractivity (Wildman–Crippen MR) is 226 cm³/mol. The summed E-state index contributed by atoms with van der Waals surface area (Å²) in [5.41, 5.74) is 2.48. The molecular formula is C46H48F3N9O5. The number of benzene rings is 2. The van der Waals surface area contributed by atoms with Crippen LogP contribution in [-0.2, 0) is 9.59 Å². The van der Waals surface area contributed by atoms with Gasteiger partial charge in [-0.2, -0.15) is 0 Å². The lowest BCUT2D eigenvalue weighted by Gasteiger charge is -2.56. The van der Waals surface area contributed by atoms with Crippen molar-refractivity contribution in [1.29, 1.82) is 0 Å². The second-order valence-corrected chi connectivity index (χ2v) is 18.1. The van der Waals surface area contributed by atoms with Gasteiger partial charge in [0.05, 0.1) is 35.2 Å². The van der Waals surface area contributed by atoms with Gasteiger partial charge in [0, 0.05) is 43.4 Å². The van der Waals surface area contributed by atoms with Gasteiger partial charge >= 0.3 is 0 Å². The molecule has 6 aliphatic rings. The molecule has 0 radical (unpaired) electrons. The van der Waals surface area contributed by atoms with Gasteiger partial charge in [0.15, 0.2) is 17.4 Å². The van der Waals surface area contributed by atoms with E-state index in [1.807, 2.05) is 35.9 Å². The normalized spacial score (nSPS) is 21.7. The number of carbonyl (C=O) groups is 4. The van der Waals surface area contributed by atoms with E-state index in [0.29, 0.717) is 49.7 Å². The molecule has 2 aromatic heterocycles. The van der Waals surface area contributed by atoms with E-state index in [2.05, 4.69) is 36.6 Å². The summed E-state index contributed by atoms with van der Waals surface area (Å²) in [4.78, 5) is 71.2. The molecule has 1 unspecified atom stereocenters. The third-order valence-corrected chi connectivity index (χ3v) is 14.1. The molecule has 7 heterocycles. The van der Waals surface area contributed by atoms with Gasteiger partial charge in [-0.15, -0.1) is 0 Å². The fourth-order valence-corrected chi connectivity index (χ4v) is 10.6. The molecular weight excluding hydrogens is 816 g/mol. The number of ether oxygens (including phenoxy) is 1. The second-order valence-electron chi connectivity index (χ2n) is 18.1. The Morgan fingerprint density at radius 3 is 2.27 bits per heavy atom. The molecule has 10 rings (SSSR count). The van der Waals surface area contributed by atoms with Crippen LogP contribution in [0, 0.1) is 22.9 Å². The lowest BCUT2D eigenvalue weighted by molar-refractivity contribution is -0.136. The molecule has 0 bridgehead atoms. The van der Waals surface area contributed by atoms with Crippen LogP contribution < -0.4 is 25.2 Å². The maximum absolute atomic E-state index is 15.5. The molecule has 4 fully saturated rings. The van der Waals surface area contributed by atoms with E-state index in [-0.39, 0.29) is 64.1 Å². The number of nitrogens with zero attached hydrogens (tertiary/aromatic N) is 7. The van der Waals surface area contributed by atoms with Crippen LogP contribution in [0.3, 0.4) is 0 Å². The number of rotatable bonds is 8. The number of amides is 4. The first-order valence-corrected chi connectivity index (χ1v) is 21.9. The SMILES string of the molecule is CC(C)N1CCOc2c(F)cc(-c3nc(Nc4ccc(C5CCN(C6CC7(CCN(c8cc9c(cc8F)C(=O)N(C8CCC(=O)NC8=O)C9=O)CC7)C6)CC5)cn4)ncc3F)cc21. The molecule has 1 aliphatic carbocycles.